The van der Waals surface area contributed by atoms with Crippen molar-refractivity contribution < 1.29 is 63.0 Å². The van der Waals surface area contributed by atoms with Gasteiger partial charge in [0, 0.05) is 74.8 Å². The van der Waals surface area contributed by atoms with E-state index in [0.29, 0.717) is 34.1 Å². The van der Waals surface area contributed by atoms with Crippen molar-refractivity contribution in [3.05, 3.63) is 84.1 Å². The fourth-order valence-electron chi connectivity index (χ4n) is 10.3. The molecule has 0 saturated carbocycles. The van der Waals surface area contributed by atoms with Gasteiger partial charge in [-0.2, -0.15) is 0 Å². The first-order chi connectivity index (χ1) is 41.4. The van der Waals surface area contributed by atoms with Crippen LogP contribution in [0.15, 0.2) is 72.2 Å². The Kier molecular flexibility index (Phi) is 24.1. The Balaban J connectivity index is 1.19. The number of carbonyl (C=O) groups excluding carboxylic acids is 11. The van der Waals surface area contributed by atoms with Crippen molar-refractivity contribution in [2.45, 2.75) is 139 Å². The number of imidazole rings is 1. The van der Waals surface area contributed by atoms with Gasteiger partial charge in [-0.1, -0.05) is 44.2 Å². The first kappa shape index (κ1) is 66.5. The Labute approximate surface area is 501 Å². The van der Waals surface area contributed by atoms with Crippen LogP contribution in [0.2, 0.25) is 0 Å². The number of nitrogens with one attached hydrogen (secondary N) is 10. The Bertz CT molecular complexity index is 3130. The summed E-state index contributed by atoms with van der Waals surface area (Å²) in [6.07, 6.45) is 5.26. The maximum atomic E-state index is 14.5. The topological polar surface area (TPSA) is 466 Å². The molecule has 2 aromatic heterocycles. The molecule has 2 fully saturated rings. The van der Waals surface area contributed by atoms with E-state index >= 15 is 0 Å². The highest BCUT2D eigenvalue weighted by atomic mass is 16.3. The Morgan fingerprint density at radius 3 is 2.05 bits per heavy atom. The minimum atomic E-state index is -1.76. The Hall–Kier alpha value is -9.61. The largest absolute Gasteiger partial charge is 0.508 e. The number of hydrogen-bond donors (Lipinski definition) is 15. The molecule has 87 heavy (non-hydrogen) atoms. The van der Waals surface area contributed by atoms with Crippen molar-refractivity contribution in [3.63, 3.8) is 0 Å². The van der Waals surface area contributed by atoms with Crippen LogP contribution in [-0.4, -0.2) is 194 Å². The predicted octanol–water partition coefficient (Wildman–Crippen LogP) is -3.66. The molecule has 11 amide bonds. The number of aliphatic hydroxyl groups excluding tert-OH is 1. The van der Waals surface area contributed by atoms with Gasteiger partial charge in [-0.25, -0.2) is 4.98 Å². The van der Waals surface area contributed by atoms with E-state index in [4.69, 9.17) is 17.2 Å². The normalized spacial score (nSPS) is 17.0. The molecule has 30 heteroatoms. The summed E-state index contributed by atoms with van der Waals surface area (Å²) in [5.74, 6) is -8.72. The maximum Gasteiger partial charge on any atom is 0.245 e. The van der Waals surface area contributed by atoms with E-state index in [9.17, 15) is 63.0 Å². The molecule has 0 radical (unpaired) electrons. The average Bonchev–Trinajstić information content (AvgIpc) is 4.38. The highest BCUT2D eigenvalue weighted by Crippen LogP contribution is 2.23. The molecular weight excluding hydrogens is 1130 g/mol. The number of hydrogen-bond acceptors (Lipinski definition) is 15. The van der Waals surface area contributed by atoms with E-state index in [-0.39, 0.29) is 94.4 Å². The number of aromatic amines is 2. The molecule has 2 aromatic carbocycles. The van der Waals surface area contributed by atoms with E-state index in [1.807, 2.05) is 13.8 Å². The number of H-pyrrole nitrogens is 2. The SMILES string of the molecule is CC(C)CC(C(=O)NC(CCCN=C(N)N)C(=O)N1CCCC1C(=O)NCC(N)=O)N(C)C(=O)C(C)NC(=O)C(Cc1ccc(O)cc1)NC(=O)C(CO)NC(=O)C(Cc1c[nH]c2ccccc12)NC(=O)C(Cc1cnc[nH]1)NC(=O)C1CCC(=O)N1. The minimum Gasteiger partial charge on any atom is -0.508 e. The zero-order valence-electron chi connectivity index (χ0n) is 48.9. The van der Waals surface area contributed by atoms with Crippen LogP contribution >= 0.6 is 0 Å². The molecule has 0 spiro atoms. The smallest absolute Gasteiger partial charge is 0.245 e. The molecule has 6 rings (SSSR count). The minimum absolute atomic E-state index is 0.0157. The number of nitrogens with two attached hydrogens (primary N) is 3. The van der Waals surface area contributed by atoms with Gasteiger partial charge in [0.25, 0.3) is 0 Å². The average molecular weight is 1210 g/mol. The molecule has 0 aliphatic carbocycles. The van der Waals surface area contributed by atoms with Gasteiger partial charge < -0.3 is 89.7 Å². The van der Waals surface area contributed by atoms with Crippen molar-refractivity contribution >= 4 is 81.8 Å². The van der Waals surface area contributed by atoms with Crippen LogP contribution in [0.1, 0.15) is 82.5 Å². The van der Waals surface area contributed by atoms with E-state index in [2.05, 4.69) is 62.5 Å². The van der Waals surface area contributed by atoms with Gasteiger partial charge in [0.05, 0.1) is 19.5 Å². The number of carbonyl (C=O) groups is 11. The molecule has 2 saturated heterocycles. The molecule has 9 unspecified atom stereocenters. The van der Waals surface area contributed by atoms with Crippen LogP contribution in [-0.2, 0) is 72.0 Å². The number of para-hydroxylation sites is 1. The second-order valence-corrected chi connectivity index (χ2v) is 22.0. The number of phenols is 1. The summed E-state index contributed by atoms with van der Waals surface area (Å²) in [6.45, 7) is 3.76. The van der Waals surface area contributed by atoms with Crippen molar-refractivity contribution in [2.75, 3.05) is 33.3 Å². The number of fused-ring (bicyclic) bond motifs is 1. The van der Waals surface area contributed by atoms with E-state index in [0.717, 1.165) is 4.90 Å². The molecule has 18 N–H and O–H groups in total. The van der Waals surface area contributed by atoms with E-state index < -0.39 is 127 Å². The summed E-state index contributed by atoms with van der Waals surface area (Å²) in [4.78, 5) is 167. The number of likely N-dealkylation sites (N-methyl/N-ethyl adjacent to an activating group) is 1. The predicted molar refractivity (Wildman–Crippen MR) is 314 cm³/mol. The number of aliphatic hydroxyl groups is 1. The van der Waals surface area contributed by atoms with Gasteiger partial charge >= 0.3 is 0 Å². The van der Waals surface area contributed by atoms with Gasteiger partial charge in [0.15, 0.2) is 5.96 Å². The number of primary amides is 1. The quantitative estimate of drug-likeness (QED) is 0.0131. The standard InChI is InChI=1S/C57H79N17O13/c1-30(2)21-45(54(85)68-39(11-7-19-62-57(59)60)56(87)74-20-8-12-44(74)53(84)64-27-46(58)77)73(4)55(86)31(3)66-49(80)40(22-32-13-15-35(76)16-14-32)69-52(83)43(28-75)72-50(81)41(23-33-25-63-37-10-6-5-9-36(33)37)70-51(82)42(24-34-26-61-29-65-34)71-48(79)38-17-18-47(78)67-38/h5-6,9-10,13-16,25-26,29-31,38-45,63,75-76H,7-8,11-12,17-24,27-28H2,1-4H3,(H2,58,77)(H,61,65)(H,64,84)(H,66,80)(H,67,78)(H,68,85)(H,69,83)(H,70,82)(H,71,79)(H,72,81)(H4,59,60,62). The highest BCUT2D eigenvalue weighted by Gasteiger charge is 2.41. The van der Waals surface area contributed by atoms with E-state index in [1.165, 1.54) is 55.7 Å². The van der Waals surface area contributed by atoms with Crippen LogP contribution in [0, 0.1) is 5.92 Å². The van der Waals surface area contributed by atoms with Crippen LogP contribution in [0.3, 0.4) is 0 Å². The Morgan fingerprint density at radius 2 is 1.41 bits per heavy atom. The number of likely N-dealkylation sites (tertiary alicyclic amines) is 1. The second-order valence-electron chi connectivity index (χ2n) is 22.0. The fourth-order valence-corrected chi connectivity index (χ4v) is 10.3. The number of nitrogens with zero attached hydrogens (tertiary/aromatic N) is 4. The van der Waals surface area contributed by atoms with E-state index in [1.54, 1.807) is 30.5 Å². The van der Waals surface area contributed by atoms with Crippen LogP contribution in [0.4, 0.5) is 0 Å². The number of benzene rings is 2. The molecule has 9 atom stereocenters. The molecule has 4 aromatic rings. The number of rotatable bonds is 31. The lowest BCUT2D eigenvalue weighted by Gasteiger charge is -2.33. The van der Waals surface area contributed by atoms with Crippen LogP contribution < -0.4 is 59.7 Å². The summed E-state index contributed by atoms with van der Waals surface area (Å²) in [7, 11) is 1.35. The van der Waals surface area contributed by atoms with Crippen molar-refractivity contribution in [1.29, 1.82) is 0 Å². The number of aliphatic imine (C=N–C) groups is 1. The summed E-state index contributed by atoms with van der Waals surface area (Å²) in [5.41, 5.74) is 18.4. The van der Waals surface area contributed by atoms with Crippen molar-refractivity contribution in [1.82, 2.24) is 67.3 Å². The second kappa shape index (κ2) is 31.5. The maximum absolute atomic E-state index is 14.5. The molecule has 0 bridgehead atoms. The van der Waals surface area contributed by atoms with Gasteiger partial charge in [-0.3, -0.25) is 57.7 Å². The van der Waals surface area contributed by atoms with Gasteiger partial charge in [0.1, 0.15) is 60.1 Å². The monoisotopic (exact) mass is 1210 g/mol. The van der Waals surface area contributed by atoms with Crippen LogP contribution in [0.25, 0.3) is 10.9 Å². The molecule has 470 valence electrons. The third-order valence-corrected chi connectivity index (χ3v) is 14.9. The zero-order chi connectivity index (χ0) is 63.5. The van der Waals surface area contributed by atoms with Crippen molar-refractivity contribution in [3.8, 4) is 5.75 Å². The lowest BCUT2D eigenvalue weighted by molar-refractivity contribution is -0.145. The lowest BCUT2D eigenvalue weighted by atomic mass is 10.00. The van der Waals surface area contributed by atoms with Crippen LogP contribution in [0.5, 0.6) is 5.75 Å². The summed E-state index contributed by atoms with van der Waals surface area (Å²) in [5, 5.41) is 42.3. The lowest BCUT2D eigenvalue weighted by Crippen LogP contribution is -2.61. The zero-order valence-corrected chi connectivity index (χ0v) is 48.9. The number of guanidine groups is 1. The third-order valence-electron chi connectivity index (χ3n) is 14.9. The number of amides is 11. The highest BCUT2D eigenvalue weighted by molar-refractivity contribution is 5.99. The summed E-state index contributed by atoms with van der Waals surface area (Å²) >= 11 is 0. The fraction of sp³-hybridized carbons (Fsp3) is 0.491. The molecule has 4 heterocycles. The first-order valence-electron chi connectivity index (χ1n) is 28.6. The van der Waals surface area contributed by atoms with Crippen molar-refractivity contribution in [2.24, 2.45) is 28.1 Å². The van der Waals surface area contributed by atoms with Gasteiger partial charge in [-0.15, -0.1) is 0 Å². The molecule has 2 aliphatic heterocycles. The molecule has 30 nitrogen and oxygen atoms in total. The van der Waals surface area contributed by atoms with Gasteiger partial charge in [0.2, 0.25) is 65.0 Å². The summed E-state index contributed by atoms with van der Waals surface area (Å²) < 4.78 is 0. The first-order valence-corrected chi connectivity index (χ1v) is 28.6. The number of aromatic hydroxyl groups is 1. The Morgan fingerprint density at radius 1 is 0.770 bits per heavy atom. The molecular formula is C57H79N17O13. The number of phenolic OH excluding ortho intramolecular Hbond substituents is 1. The van der Waals surface area contributed by atoms with Gasteiger partial charge in [-0.05, 0) is 80.7 Å². The molecule has 2 aliphatic rings. The number of aromatic nitrogens is 3. The third kappa shape index (κ3) is 19.2. The summed E-state index contributed by atoms with van der Waals surface area (Å²) in [6, 6.07) is 1.02.